The van der Waals surface area contributed by atoms with Gasteiger partial charge in [-0.15, -0.1) is 0 Å². The number of carbonyl (C=O) groups excluding carboxylic acids is 7. The van der Waals surface area contributed by atoms with Crippen LogP contribution in [0, 0.1) is 0 Å². The monoisotopic (exact) mass is 1060 g/mol. The summed E-state index contributed by atoms with van der Waals surface area (Å²) >= 11 is 0. The Morgan fingerprint density at radius 3 is 1.19 bits per heavy atom. The third-order valence-electron chi connectivity index (χ3n) is 10.7. The summed E-state index contributed by atoms with van der Waals surface area (Å²) in [5, 5.41) is 37.4. The minimum absolute atomic E-state index is 0.00697. The Bertz CT molecular complexity index is 2120. The Balaban J connectivity index is 3.50. The quantitative estimate of drug-likeness (QED) is 0.0167. The molecule has 0 aliphatic carbocycles. The van der Waals surface area contributed by atoms with Crippen molar-refractivity contribution in [1.82, 2.24) is 37.2 Å². The van der Waals surface area contributed by atoms with Crippen molar-refractivity contribution in [3.05, 3.63) is 29.8 Å². The maximum atomic E-state index is 14.3. The standard InChI is InChI=1S/C44H79N21O10/c1-24(46)34(68)65-32(22-25-13-15-26(66)16-14-25)35(69)59-23-33(67)60-27(9-4-18-55-41(47)48)36(70)61-28(8-2-3-17-45)37(71)62-29(10-5-19-56-42(49)50)38(72)63-30(11-6-20-57-43(51)52)39(73)64-31(40(74)75)12-7-21-58-44(53)54/h13-16,24,27-32,66H,2-12,17-23,45-46H2,1H3,(H,59,69)(H,60,67)(H,61,70)(H,62,71)(H,63,72)(H,64,73)(H,65,68)(H,74,75)(H4,47,48,55)(H4,49,50,56)(H4,51,52,57)(H4,53,54,58)/t24-,27-,28-,29-,30-,31-,32-/m0/s1. The second-order valence-corrected chi connectivity index (χ2v) is 17.2. The molecule has 31 nitrogen and oxygen atoms in total. The number of guanidine groups is 4. The lowest BCUT2D eigenvalue weighted by Gasteiger charge is -2.27. The molecule has 0 bridgehead atoms. The minimum atomic E-state index is -1.41. The minimum Gasteiger partial charge on any atom is -0.508 e. The number of carboxylic acid groups (broad SMARTS) is 1. The Labute approximate surface area is 434 Å². The van der Waals surface area contributed by atoms with Crippen LogP contribution in [0.1, 0.15) is 83.1 Å². The summed E-state index contributed by atoms with van der Waals surface area (Å²) in [6, 6.07) is -3.20. The van der Waals surface area contributed by atoms with Gasteiger partial charge in [0.15, 0.2) is 23.8 Å². The van der Waals surface area contributed by atoms with Crippen LogP contribution in [-0.2, 0) is 44.8 Å². The van der Waals surface area contributed by atoms with Gasteiger partial charge in [-0.1, -0.05) is 12.1 Å². The first-order valence-electron chi connectivity index (χ1n) is 24.2. The van der Waals surface area contributed by atoms with E-state index in [4.69, 9.17) is 57.3 Å². The van der Waals surface area contributed by atoms with Crippen molar-refractivity contribution in [2.24, 2.45) is 77.3 Å². The van der Waals surface area contributed by atoms with Crippen LogP contribution in [0.15, 0.2) is 44.2 Å². The van der Waals surface area contributed by atoms with Crippen LogP contribution >= 0.6 is 0 Å². The predicted molar refractivity (Wildman–Crippen MR) is 280 cm³/mol. The lowest BCUT2D eigenvalue weighted by Crippen LogP contribution is -2.59. The first-order valence-corrected chi connectivity index (χ1v) is 24.2. The van der Waals surface area contributed by atoms with Crippen molar-refractivity contribution in [1.29, 1.82) is 0 Å². The number of aliphatic carboxylic acids is 1. The Morgan fingerprint density at radius 1 is 0.480 bits per heavy atom. The maximum Gasteiger partial charge on any atom is 0.326 e. The van der Waals surface area contributed by atoms with Crippen molar-refractivity contribution < 1.29 is 48.6 Å². The number of carbonyl (C=O) groups is 8. The Kier molecular flexibility index (Phi) is 31.0. The molecule has 0 unspecified atom stereocenters. The summed E-state index contributed by atoms with van der Waals surface area (Å²) in [5.41, 5.74) is 55.6. The second-order valence-electron chi connectivity index (χ2n) is 17.2. The highest BCUT2D eigenvalue weighted by molar-refractivity contribution is 5.97. The van der Waals surface area contributed by atoms with Crippen molar-refractivity contribution in [3.63, 3.8) is 0 Å². The number of hydrogen-bond donors (Lipinski definition) is 19. The van der Waals surface area contributed by atoms with Gasteiger partial charge in [-0.25, -0.2) is 4.79 Å². The molecule has 0 spiro atoms. The molecule has 1 aromatic rings. The normalized spacial score (nSPS) is 13.5. The number of unbranched alkanes of at least 4 members (excludes halogenated alkanes) is 1. The molecule has 75 heavy (non-hydrogen) atoms. The number of rotatable bonds is 37. The number of carboxylic acids is 1. The van der Waals surface area contributed by atoms with E-state index in [2.05, 4.69) is 57.2 Å². The Hall–Kier alpha value is -8.22. The number of aliphatic imine (C=N–C) groups is 4. The zero-order valence-corrected chi connectivity index (χ0v) is 42.3. The molecule has 0 aliphatic heterocycles. The maximum absolute atomic E-state index is 14.3. The van der Waals surface area contributed by atoms with Gasteiger partial charge in [0.1, 0.15) is 42.0 Å². The van der Waals surface area contributed by atoms with E-state index in [0.29, 0.717) is 18.4 Å². The SMILES string of the molecule is C[C@H](N)C(=O)N[C@@H](Cc1ccc(O)cc1)C(=O)NCC(=O)N[C@@H](CCCN=C(N)N)C(=O)N[C@@H](CCCCN)C(=O)N[C@@H](CCCN=C(N)N)C(=O)N[C@@H](CCCN=C(N)N)C(=O)N[C@@H](CCCN=C(N)N)C(=O)O. The highest BCUT2D eigenvalue weighted by Crippen LogP contribution is 2.13. The average Bonchev–Trinajstić information content (AvgIpc) is 3.33. The van der Waals surface area contributed by atoms with E-state index in [0.717, 1.165) is 0 Å². The van der Waals surface area contributed by atoms with Crippen LogP contribution in [0.2, 0.25) is 0 Å². The van der Waals surface area contributed by atoms with Crippen LogP contribution in [0.25, 0.3) is 0 Å². The molecule has 420 valence electrons. The molecule has 31 heteroatoms. The molecule has 0 aliphatic rings. The van der Waals surface area contributed by atoms with Crippen LogP contribution in [0.3, 0.4) is 0 Å². The molecular weight excluding hydrogens is 983 g/mol. The van der Waals surface area contributed by atoms with Gasteiger partial charge in [0, 0.05) is 32.6 Å². The Morgan fingerprint density at radius 2 is 0.827 bits per heavy atom. The van der Waals surface area contributed by atoms with Gasteiger partial charge in [0.25, 0.3) is 0 Å². The lowest BCUT2D eigenvalue weighted by molar-refractivity contribution is -0.142. The molecular formula is C44H79N21O10. The van der Waals surface area contributed by atoms with Gasteiger partial charge in [0.2, 0.25) is 41.4 Å². The first kappa shape index (κ1) is 64.8. The van der Waals surface area contributed by atoms with Crippen molar-refractivity contribution in [2.45, 2.75) is 126 Å². The summed E-state index contributed by atoms with van der Waals surface area (Å²) in [7, 11) is 0. The number of phenolic OH excluding ortho intramolecular Hbond substituents is 1. The highest BCUT2D eigenvalue weighted by Gasteiger charge is 2.33. The van der Waals surface area contributed by atoms with E-state index < -0.39 is 96.2 Å². The fraction of sp³-hybridized carbons (Fsp3) is 0.591. The average molecular weight is 1060 g/mol. The van der Waals surface area contributed by atoms with Crippen molar-refractivity contribution >= 4 is 71.2 Å². The van der Waals surface area contributed by atoms with E-state index in [9.17, 15) is 48.6 Å². The van der Waals surface area contributed by atoms with Crippen LogP contribution in [0.5, 0.6) is 5.75 Å². The molecule has 1 aromatic carbocycles. The van der Waals surface area contributed by atoms with E-state index in [-0.39, 0.29) is 127 Å². The summed E-state index contributed by atoms with van der Waals surface area (Å²) in [6.45, 7) is 1.14. The van der Waals surface area contributed by atoms with Crippen LogP contribution in [0.4, 0.5) is 0 Å². The fourth-order valence-corrected chi connectivity index (χ4v) is 6.85. The number of nitrogens with one attached hydrogen (secondary N) is 7. The van der Waals surface area contributed by atoms with Crippen molar-refractivity contribution in [2.75, 3.05) is 39.3 Å². The summed E-state index contributed by atoms with van der Waals surface area (Å²) in [5.74, 6) is -8.02. The van der Waals surface area contributed by atoms with E-state index in [1.165, 1.54) is 19.1 Å². The number of phenols is 1. The number of benzene rings is 1. The van der Waals surface area contributed by atoms with Gasteiger partial charge in [-0.2, -0.15) is 0 Å². The number of nitrogens with zero attached hydrogens (tertiary/aromatic N) is 4. The first-order chi connectivity index (χ1) is 35.4. The van der Waals surface area contributed by atoms with Crippen LogP contribution < -0.4 is 94.6 Å². The predicted octanol–water partition coefficient (Wildman–Crippen LogP) is -7.27. The van der Waals surface area contributed by atoms with Gasteiger partial charge in [-0.05, 0) is 102 Å². The van der Waals surface area contributed by atoms with E-state index >= 15 is 0 Å². The molecule has 7 atom stereocenters. The zero-order valence-electron chi connectivity index (χ0n) is 42.3. The zero-order chi connectivity index (χ0) is 56.5. The highest BCUT2D eigenvalue weighted by atomic mass is 16.4. The van der Waals surface area contributed by atoms with E-state index in [1.807, 2.05) is 0 Å². The molecule has 0 radical (unpaired) electrons. The molecule has 0 aromatic heterocycles. The van der Waals surface area contributed by atoms with Crippen molar-refractivity contribution in [3.8, 4) is 5.75 Å². The fourth-order valence-electron chi connectivity index (χ4n) is 6.85. The number of aromatic hydroxyl groups is 1. The molecule has 0 heterocycles. The summed E-state index contributed by atoms with van der Waals surface area (Å²) < 4.78 is 0. The van der Waals surface area contributed by atoms with Gasteiger partial charge in [-0.3, -0.25) is 53.5 Å². The number of amides is 7. The molecule has 1 rings (SSSR count). The van der Waals surface area contributed by atoms with Gasteiger partial charge in [0.05, 0.1) is 12.6 Å². The van der Waals surface area contributed by atoms with E-state index in [1.54, 1.807) is 12.1 Å². The topological polar surface area (TPSA) is 571 Å². The van der Waals surface area contributed by atoms with Gasteiger partial charge >= 0.3 is 5.97 Å². The third kappa shape index (κ3) is 29.2. The number of hydrogen-bond acceptors (Lipinski definition) is 15. The molecule has 0 saturated heterocycles. The number of nitrogens with two attached hydrogens (primary N) is 10. The molecule has 0 saturated carbocycles. The molecule has 29 N–H and O–H groups in total. The largest absolute Gasteiger partial charge is 0.508 e. The van der Waals surface area contributed by atoms with Gasteiger partial charge < -0.3 is 105 Å². The smallest absolute Gasteiger partial charge is 0.326 e. The third-order valence-corrected chi connectivity index (χ3v) is 10.7. The summed E-state index contributed by atoms with van der Waals surface area (Å²) in [6.07, 6.45) is 0.907. The molecule has 7 amide bonds. The van der Waals surface area contributed by atoms with Crippen LogP contribution in [-0.4, -0.2) is 163 Å². The lowest BCUT2D eigenvalue weighted by atomic mass is 10.0. The second kappa shape index (κ2) is 35.8. The molecule has 0 fully saturated rings. The summed E-state index contributed by atoms with van der Waals surface area (Å²) in [4.78, 5) is 123.